The first-order valence-corrected chi connectivity index (χ1v) is 7.24. The summed E-state index contributed by atoms with van der Waals surface area (Å²) in [5.74, 6) is 0. The Bertz CT molecular complexity index is 588. The molecule has 0 fully saturated rings. The number of hydrogen-bond acceptors (Lipinski definition) is 3. The molecule has 1 N–H and O–H groups in total. The number of anilines is 1. The Hall–Kier alpha value is -1.81. The first kappa shape index (κ1) is 13.2. The van der Waals surface area contributed by atoms with E-state index in [0.29, 0.717) is 0 Å². The standard InChI is InChI=1S/C16H22N4/c1-19-10-7-14-11-13(3-4-16(14)19)12-17-8-5-15-6-9-18-20(15)2/h3-4,6,9,11,17H,5,7-8,10,12H2,1-2H3. The number of hydrogen-bond donors (Lipinski definition) is 1. The monoisotopic (exact) mass is 270 g/mol. The summed E-state index contributed by atoms with van der Waals surface area (Å²) in [7, 11) is 4.16. The highest BCUT2D eigenvalue weighted by molar-refractivity contribution is 5.58. The van der Waals surface area contributed by atoms with E-state index in [4.69, 9.17) is 0 Å². The minimum Gasteiger partial charge on any atom is -0.374 e. The summed E-state index contributed by atoms with van der Waals surface area (Å²) in [6.07, 6.45) is 4.05. The molecular weight excluding hydrogens is 248 g/mol. The highest BCUT2D eigenvalue weighted by atomic mass is 15.3. The molecule has 106 valence electrons. The average Bonchev–Trinajstić information content (AvgIpc) is 3.02. The van der Waals surface area contributed by atoms with Crippen LogP contribution in [0.2, 0.25) is 0 Å². The number of aryl methyl sites for hydroxylation is 1. The summed E-state index contributed by atoms with van der Waals surface area (Å²) in [6, 6.07) is 8.90. The van der Waals surface area contributed by atoms with Crippen LogP contribution in [-0.2, 0) is 26.4 Å². The van der Waals surface area contributed by atoms with Crippen LogP contribution in [0.3, 0.4) is 0 Å². The average molecular weight is 270 g/mol. The minimum atomic E-state index is 0.939. The van der Waals surface area contributed by atoms with Gasteiger partial charge in [-0.05, 0) is 29.7 Å². The van der Waals surface area contributed by atoms with Gasteiger partial charge in [0.15, 0.2) is 0 Å². The molecule has 0 radical (unpaired) electrons. The lowest BCUT2D eigenvalue weighted by Gasteiger charge is -2.12. The molecule has 4 nitrogen and oxygen atoms in total. The highest BCUT2D eigenvalue weighted by Crippen LogP contribution is 2.27. The van der Waals surface area contributed by atoms with Crippen molar-refractivity contribution in [1.82, 2.24) is 15.1 Å². The number of benzene rings is 1. The van der Waals surface area contributed by atoms with Crippen LogP contribution in [0.15, 0.2) is 30.5 Å². The fourth-order valence-corrected chi connectivity index (χ4v) is 2.83. The summed E-state index contributed by atoms with van der Waals surface area (Å²) in [4.78, 5) is 2.33. The number of likely N-dealkylation sites (N-methyl/N-ethyl adjacent to an activating group) is 1. The van der Waals surface area contributed by atoms with Crippen molar-refractivity contribution in [3.8, 4) is 0 Å². The molecule has 0 atom stereocenters. The Kier molecular flexibility index (Phi) is 3.74. The predicted octanol–water partition coefficient (Wildman–Crippen LogP) is 1.74. The van der Waals surface area contributed by atoms with Gasteiger partial charge in [-0.15, -0.1) is 0 Å². The lowest BCUT2D eigenvalue weighted by Crippen LogP contribution is -2.18. The zero-order valence-electron chi connectivity index (χ0n) is 12.3. The largest absolute Gasteiger partial charge is 0.374 e. The Balaban J connectivity index is 1.51. The molecule has 0 aliphatic carbocycles. The third kappa shape index (κ3) is 2.70. The van der Waals surface area contributed by atoms with Crippen LogP contribution in [0.25, 0.3) is 0 Å². The molecule has 2 heterocycles. The van der Waals surface area contributed by atoms with Gasteiger partial charge in [0.25, 0.3) is 0 Å². The van der Waals surface area contributed by atoms with Gasteiger partial charge in [-0.2, -0.15) is 5.10 Å². The second-order valence-corrected chi connectivity index (χ2v) is 5.51. The highest BCUT2D eigenvalue weighted by Gasteiger charge is 2.15. The lowest BCUT2D eigenvalue weighted by atomic mass is 10.1. The van der Waals surface area contributed by atoms with E-state index in [1.54, 1.807) is 0 Å². The van der Waals surface area contributed by atoms with E-state index in [1.807, 2.05) is 17.9 Å². The Labute approximate surface area is 120 Å². The lowest BCUT2D eigenvalue weighted by molar-refractivity contribution is 0.643. The van der Waals surface area contributed by atoms with E-state index in [9.17, 15) is 0 Å². The number of rotatable bonds is 5. The van der Waals surface area contributed by atoms with Crippen LogP contribution < -0.4 is 10.2 Å². The normalized spacial score (nSPS) is 13.8. The van der Waals surface area contributed by atoms with Crippen LogP contribution >= 0.6 is 0 Å². The van der Waals surface area contributed by atoms with Crippen molar-refractivity contribution in [2.45, 2.75) is 19.4 Å². The van der Waals surface area contributed by atoms with Crippen LogP contribution in [0.5, 0.6) is 0 Å². The zero-order valence-corrected chi connectivity index (χ0v) is 12.3. The van der Waals surface area contributed by atoms with Gasteiger partial charge in [0.2, 0.25) is 0 Å². The van der Waals surface area contributed by atoms with Gasteiger partial charge in [-0.1, -0.05) is 12.1 Å². The van der Waals surface area contributed by atoms with E-state index in [2.05, 4.69) is 46.6 Å². The van der Waals surface area contributed by atoms with Crippen LogP contribution in [0, 0.1) is 0 Å². The third-order valence-corrected chi connectivity index (χ3v) is 4.08. The van der Waals surface area contributed by atoms with E-state index in [-0.39, 0.29) is 0 Å². The van der Waals surface area contributed by atoms with Crippen molar-refractivity contribution in [3.63, 3.8) is 0 Å². The molecule has 20 heavy (non-hydrogen) atoms. The van der Waals surface area contributed by atoms with Crippen molar-refractivity contribution in [2.24, 2.45) is 7.05 Å². The number of nitrogens with zero attached hydrogens (tertiary/aromatic N) is 3. The predicted molar refractivity (Wildman–Crippen MR) is 82.0 cm³/mol. The maximum absolute atomic E-state index is 4.18. The third-order valence-electron chi connectivity index (χ3n) is 4.08. The number of aromatic nitrogens is 2. The quantitative estimate of drug-likeness (QED) is 0.840. The molecule has 1 aromatic carbocycles. The molecule has 0 unspecified atom stereocenters. The van der Waals surface area contributed by atoms with Crippen LogP contribution in [0.1, 0.15) is 16.8 Å². The summed E-state index contributed by atoms with van der Waals surface area (Å²) in [5.41, 5.74) is 5.53. The molecule has 0 saturated carbocycles. The van der Waals surface area contributed by atoms with Crippen molar-refractivity contribution in [2.75, 3.05) is 25.0 Å². The first-order chi connectivity index (χ1) is 9.74. The second kappa shape index (κ2) is 5.67. The van der Waals surface area contributed by atoms with Gasteiger partial charge in [0, 0.05) is 57.7 Å². The second-order valence-electron chi connectivity index (χ2n) is 5.51. The zero-order chi connectivity index (χ0) is 13.9. The summed E-state index contributed by atoms with van der Waals surface area (Å²) in [5, 5.41) is 7.70. The number of nitrogens with one attached hydrogen (secondary N) is 1. The van der Waals surface area contributed by atoms with Gasteiger partial charge in [-0.3, -0.25) is 4.68 Å². The molecule has 3 rings (SSSR count). The Morgan fingerprint density at radius 1 is 1.25 bits per heavy atom. The van der Waals surface area contributed by atoms with Gasteiger partial charge < -0.3 is 10.2 Å². The topological polar surface area (TPSA) is 33.1 Å². The smallest absolute Gasteiger partial charge is 0.0492 e. The van der Waals surface area contributed by atoms with Gasteiger partial charge in [0.1, 0.15) is 0 Å². The molecular formula is C16H22N4. The first-order valence-electron chi connectivity index (χ1n) is 7.24. The Morgan fingerprint density at radius 2 is 2.15 bits per heavy atom. The van der Waals surface area contributed by atoms with E-state index in [0.717, 1.165) is 26.1 Å². The van der Waals surface area contributed by atoms with Gasteiger partial charge in [-0.25, -0.2) is 0 Å². The fourth-order valence-electron chi connectivity index (χ4n) is 2.83. The molecule has 1 aliphatic rings. The van der Waals surface area contributed by atoms with E-state index in [1.165, 1.54) is 28.9 Å². The SMILES string of the molecule is CN1CCc2cc(CNCCc3ccnn3C)ccc21. The minimum absolute atomic E-state index is 0.939. The molecule has 0 saturated heterocycles. The molecule has 0 amide bonds. The molecule has 0 spiro atoms. The Morgan fingerprint density at radius 3 is 2.95 bits per heavy atom. The fraction of sp³-hybridized carbons (Fsp3) is 0.438. The molecule has 2 aromatic rings. The van der Waals surface area contributed by atoms with Crippen LogP contribution in [0.4, 0.5) is 5.69 Å². The van der Waals surface area contributed by atoms with Crippen molar-refractivity contribution in [1.29, 1.82) is 0 Å². The van der Waals surface area contributed by atoms with E-state index < -0.39 is 0 Å². The van der Waals surface area contributed by atoms with E-state index >= 15 is 0 Å². The number of fused-ring (bicyclic) bond motifs is 1. The molecule has 1 aromatic heterocycles. The molecule has 0 bridgehead atoms. The van der Waals surface area contributed by atoms with Crippen LogP contribution in [-0.4, -0.2) is 29.9 Å². The van der Waals surface area contributed by atoms with Gasteiger partial charge >= 0.3 is 0 Å². The van der Waals surface area contributed by atoms with Crippen molar-refractivity contribution >= 4 is 5.69 Å². The molecule has 4 heteroatoms. The summed E-state index contributed by atoms with van der Waals surface area (Å²) in [6.45, 7) is 3.07. The maximum atomic E-state index is 4.18. The molecule has 1 aliphatic heterocycles. The maximum Gasteiger partial charge on any atom is 0.0492 e. The van der Waals surface area contributed by atoms with Crippen molar-refractivity contribution < 1.29 is 0 Å². The summed E-state index contributed by atoms with van der Waals surface area (Å²) >= 11 is 0. The van der Waals surface area contributed by atoms with Gasteiger partial charge in [0.05, 0.1) is 0 Å². The summed E-state index contributed by atoms with van der Waals surface area (Å²) < 4.78 is 1.94. The van der Waals surface area contributed by atoms with Crippen molar-refractivity contribution in [3.05, 3.63) is 47.3 Å².